The summed E-state index contributed by atoms with van der Waals surface area (Å²) < 4.78 is 51.7. The summed E-state index contributed by atoms with van der Waals surface area (Å²) in [6.45, 7) is 9.30. The molecule has 18 aromatic rings. The molecule has 53 nitrogen and oxygen atoms in total. The molecule has 24 rings (SSSR count). The number of ether oxygens (including phenoxy) is 5. The number of nitrogens with one attached hydrogen (secondary N) is 18. The van der Waals surface area contributed by atoms with Crippen LogP contribution in [-0.4, -0.2) is 268 Å². The van der Waals surface area contributed by atoms with Crippen LogP contribution in [0.4, 0.5) is 109 Å². The van der Waals surface area contributed by atoms with E-state index in [2.05, 4.69) is 186 Å². The number of pyridine rings is 2. The van der Waals surface area contributed by atoms with Crippen molar-refractivity contribution in [3.8, 4) is 29.1 Å². The van der Waals surface area contributed by atoms with Crippen molar-refractivity contribution in [1.29, 1.82) is 0 Å². The number of benzene rings is 2. The Balaban J connectivity index is 0.000000112. The van der Waals surface area contributed by atoms with Crippen LogP contribution in [0, 0.1) is 26.6 Å². The highest BCUT2D eigenvalue weighted by Gasteiger charge is 2.28. The Bertz CT molecular complexity index is 7610. The third kappa shape index (κ3) is 21.6. The summed E-state index contributed by atoms with van der Waals surface area (Å²) in [6, 6.07) is 32.5. The van der Waals surface area contributed by atoms with Gasteiger partial charge in [0, 0.05) is 145 Å². The zero-order valence-electron chi connectivity index (χ0n) is 80.8. The molecule has 54 heteroatoms. The number of fused-ring (bicyclic) bond motifs is 18. The zero-order chi connectivity index (χ0) is 103. The molecule has 16 aromatic heterocycles. The van der Waals surface area contributed by atoms with Gasteiger partial charge in [-0.3, -0.25) is 28.8 Å². The summed E-state index contributed by atoms with van der Waals surface area (Å²) in [5.74, 6) is 9.76. The SMILES string of the molecule is CNc1cc2nc3c(cnn13)C(=O)NCCCc1ccnc(n1)N2.CNc1cc2nc3c(cnn13)C(=O)NCCOc1cc(C)cc(c1)N2.CNc1cc2nc3c(cnn13)C(=O)NCCOc1cc(C)cc(n1)N2.CNc1cc2nc3c(cnn13)C(=O)NCCOc1cc(cc(C)c1F)N2.CNc1cc2nc3c(cnn13)C(=O)NCCOc1cccc(n1)N2.CNc1cc2nc3c(cnn13)C(=O)NCCOc1ccnc(n1)N2. The molecule has 0 unspecified atom stereocenters. The topological polar surface area (TPSA) is 624 Å². The van der Waals surface area contributed by atoms with E-state index >= 15 is 0 Å². The van der Waals surface area contributed by atoms with Crippen LogP contribution in [0.15, 0.2) is 159 Å². The van der Waals surface area contributed by atoms with Crippen molar-refractivity contribution >= 4 is 174 Å². The van der Waals surface area contributed by atoms with Gasteiger partial charge in [0.05, 0.1) is 69.9 Å². The molecule has 756 valence electrons. The van der Waals surface area contributed by atoms with E-state index in [1.54, 1.807) is 143 Å². The Hall–Kier alpha value is -20.0. The Morgan fingerprint density at radius 3 is 1.09 bits per heavy atom. The van der Waals surface area contributed by atoms with Gasteiger partial charge in [-0.2, -0.15) is 72.6 Å². The molecule has 2 aromatic carbocycles. The average Bonchev–Trinajstić information content (AvgIpc) is 1.65. The van der Waals surface area contributed by atoms with E-state index in [0.29, 0.717) is 243 Å². The first-order valence-electron chi connectivity index (χ1n) is 46.4. The Labute approximate surface area is 837 Å². The number of anilines is 18. The number of rotatable bonds is 6. The van der Waals surface area contributed by atoms with Crippen LogP contribution in [0.3, 0.4) is 0 Å². The number of aromatic nitrogens is 24. The largest absolute Gasteiger partial charge is 0.492 e. The lowest BCUT2D eigenvalue weighted by Gasteiger charge is -2.13. The van der Waals surface area contributed by atoms with E-state index in [9.17, 15) is 33.2 Å². The normalized spacial score (nSPS) is 14.0. The van der Waals surface area contributed by atoms with Gasteiger partial charge in [-0.1, -0.05) is 6.07 Å². The second-order valence-corrected chi connectivity index (χ2v) is 33.0. The second kappa shape index (κ2) is 43.2. The molecule has 6 aliphatic rings. The van der Waals surface area contributed by atoms with Crippen LogP contribution in [0.25, 0.3) is 33.9 Å². The van der Waals surface area contributed by atoms with Crippen molar-refractivity contribution in [1.82, 2.24) is 149 Å². The summed E-state index contributed by atoms with van der Waals surface area (Å²) in [6.07, 6.45) is 13.9. The summed E-state index contributed by atoms with van der Waals surface area (Å²) in [4.78, 5) is 127. The number of halogens is 1. The van der Waals surface area contributed by atoms with Crippen molar-refractivity contribution in [3.63, 3.8) is 0 Å². The summed E-state index contributed by atoms with van der Waals surface area (Å²) in [5, 5.41) is 79.5. The number of hydrogen-bond acceptors (Lipinski definition) is 41. The summed E-state index contributed by atoms with van der Waals surface area (Å²) >= 11 is 0. The second-order valence-electron chi connectivity index (χ2n) is 33.0. The quantitative estimate of drug-likeness (QED) is 0.0754. The number of nitrogens with zero attached hydrogens (tertiary/aromatic N) is 24. The molecule has 0 radical (unpaired) electrons. The average molecular weight is 2010 g/mol. The fraction of sp³-hybridized carbons (Fsp3) is 0.234. The van der Waals surface area contributed by atoms with E-state index in [1.807, 2.05) is 68.4 Å². The molecule has 148 heavy (non-hydrogen) atoms. The van der Waals surface area contributed by atoms with Crippen molar-refractivity contribution in [2.75, 3.05) is 178 Å². The fourth-order valence-corrected chi connectivity index (χ4v) is 15.9. The first-order chi connectivity index (χ1) is 72.1. The Kier molecular flexibility index (Phi) is 28.3. The van der Waals surface area contributed by atoms with Gasteiger partial charge in [0.1, 0.15) is 154 Å². The van der Waals surface area contributed by atoms with Crippen molar-refractivity contribution in [2.45, 2.75) is 33.6 Å². The van der Waals surface area contributed by atoms with Crippen LogP contribution in [0.5, 0.6) is 29.1 Å². The van der Waals surface area contributed by atoms with Crippen LogP contribution in [-0.2, 0) is 6.42 Å². The van der Waals surface area contributed by atoms with Crippen molar-refractivity contribution in [3.05, 3.63) is 220 Å². The van der Waals surface area contributed by atoms with Crippen LogP contribution >= 0.6 is 0 Å². The van der Waals surface area contributed by atoms with Gasteiger partial charge in [0.2, 0.25) is 29.5 Å². The molecular weight excluding hydrogens is 1910 g/mol. The summed E-state index contributed by atoms with van der Waals surface area (Å²) in [7, 11) is 10.7. The van der Waals surface area contributed by atoms with Gasteiger partial charge in [-0.05, 0) is 86.7 Å². The fourth-order valence-electron chi connectivity index (χ4n) is 15.9. The molecule has 18 N–H and O–H groups in total. The van der Waals surface area contributed by atoms with E-state index in [-0.39, 0.29) is 54.3 Å². The predicted octanol–water partition coefficient (Wildman–Crippen LogP) is 7.81. The predicted molar refractivity (Wildman–Crippen MR) is 544 cm³/mol. The smallest absolute Gasteiger partial charge is 0.256 e. The van der Waals surface area contributed by atoms with Crippen LogP contribution < -0.4 is 119 Å². The van der Waals surface area contributed by atoms with Crippen LogP contribution in [0.2, 0.25) is 0 Å². The minimum absolute atomic E-state index is 0.124. The molecular formula is C94H97FN42O11. The molecule has 6 aliphatic heterocycles. The van der Waals surface area contributed by atoms with E-state index in [0.717, 1.165) is 46.9 Å². The summed E-state index contributed by atoms with van der Waals surface area (Å²) in [5.41, 5.74) is 10.0. The van der Waals surface area contributed by atoms with E-state index < -0.39 is 5.82 Å². The van der Waals surface area contributed by atoms with Gasteiger partial charge < -0.3 is 119 Å². The highest BCUT2D eigenvalue weighted by molar-refractivity contribution is 6.04. The standard InChI is InChI=1S/C17H17FN6O2.C17H18N6O2.C16H17N7O2.C15H16N8O.C15H15N7O2.C14H14N8O2/c1-9-5-10-6-12(15(9)18)26-4-3-20-17(25)11-8-21-24-14(19-2)7-13(22-10)23-16(11)24;1-10-5-11-7-12(6-10)25-4-3-19-17(24)13-9-20-23-15(18-2)8-14(21-11)22-16(13)23;1-9-5-11-20-12-7-13(17-2)23-15(22-12)10(8-19-23)16(24)18-3-4-25-14(6-9)21-11;1-16-12-7-11-21-13-10(8-19-23(12)13)14(24)17-5-2-3-9-4-6-18-15(20-9)22-11;1-16-12-7-11-19-10-3-2-4-13(20-10)24-6-5-17-15(23)9-8-18-22(12)14(9)21-11;1-15-10-6-9-19-12-8(7-18-22(10)12)13(23)16-4-5-24-11-2-3-17-14(20-9)21-11/h5-8,19H,3-4H2,1-2H3,(H,20,25)(H,22,23);5-9,18H,3-4H2,1-2H3,(H,19,24)(H,21,22);5-8,17H,3-4H2,1-2H3,(H,18,24)(H,20,21,22);4,6-8,16H,2-3,5H2,1H3,(H,17,24)(H,18,20,21,22);2-4,7-8,16H,5-6H2,1H3,(H,17,23)(H,19,20,21);2-3,6-7,15H,4-5H2,1H3,(H,16,23)(H,17,19,20,21). The number of carbonyl (C=O) groups is 6. The number of amides is 6. The van der Waals surface area contributed by atoms with Gasteiger partial charge in [0.15, 0.2) is 45.4 Å². The lowest BCUT2D eigenvalue weighted by atomic mass is 10.2. The molecule has 0 aliphatic carbocycles. The van der Waals surface area contributed by atoms with Gasteiger partial charge in [-0.25, -0.2) is 49.2 Å². The lowest BCUT2D eigenvalue weighted by molar-refractivity contribution is 0.0940. The zero-order valence-corrected chi connectivity index (χ0v) is 80.8. The van der Waals surface area contributed by atoms with Gasteiger partial charge in [0.25, 0.3) is 35.4 Å². The molecule has 0 spiro atoms. The van der Waals surface area contributed by atoms with Crippen molar-refractivity contribution < 1.29 is 56.8 Å². The molecule has 0 saturated carbocycles. The highest BCUT2D eigenvalue weighted by Crippen LogP contribution is 2.34. The van der Waals surface area contributed by atoms with Crippen LogP contribution in [0.1, 0.15) is 91.0 Å². The first kappa shape index (κ1) is 96.8. The molecule has 0 fully saturated rings. The molecule has 0 saturated heterocycles. The van der Waals surface area contributed by atoms with E-state index in [4.69, 9.17) is 23.7 Å². The number of hydrogen-bond donors (Lipinski definition) is 18. The monoisotopic (exact) mass is 2010 g/mol. The number of aryl methyl sites for hydroxylation is 4. The number of carbonyl (C=O) groups excluding carboxylic acids is 6. The molecule has 24 bridgehead atoms. The van der Waals surface area contributed by atoms with Gasteiger partial charge in [-0.15, -0.1) is 0 Å². The minimum atomic E-state index is -0.423. The Morgan fingerprint density at radius 1 is 0.311 bits per heavy atom. The maximum Gasteiger partial charge on any atom is 0.256 e. The molecule has 6 amide bonds. The minimum Gasteiger partial charge on any atom is -0.492 e. The van der Waals surface area contributed by atoms with Crippen molar-refractivity contribution in [2.24, 2.45) is 0 Å². The Morgan fingerprint density at radius 2 is 0.655 bits per heavy atom. The lowest BCUT2D eigenvalue weighted by Crippen LogP contribution is -2.28. The maximum absolute atomic E-state index is 14.3. The third-order valence-corrected chi connectivity index (χ3v) is 22.8. The molecule has 0 atom stereocenters. The van der Waals surface area contributed by atoms with Gasteiger partial charge >= 0.3 is 0 Å². The maximum atomic E-state index is 14.3. The third-order valence-electron chi connectivity index (χ3n) is 22.8. The molecule has 22 heterocycles. The highest BCUT2D eigenvalue weighted by atomic mass is 19.1. The van der Waals surface area contributed by atoms with E-state index in [1.165, 1.54) is 37.2 Å². The first-order valence-corrected chi connectivity index (χ1v) is 46.4.